The molecule has 0 aliphatic heterocycles. The van der Waals surface area contributed by atoms with E-state index in [1.807, 2.05) is 68.4 Å². The van der Waals surface area contributed by atoms with Crippen molar-refractivity contribution in [2.24, 2.45) is 0 Å². The molecular weight excluding hydrogens is 344 g/mol. The third-order valence-electron chi connectivity index (χ3n) is 5.16. The van der Waals surface area contributed by atoms with Gasteiger partial charge in [-0.05, 0) is 44.5 Å². The number of benzene rings is 3. The Hall–Kier alpha value is -3.33. The Balaban J connectivity index is 1.84. The summed E-state index contributed by atoms with van der Waals surface area (Å²) in [6.07, 6.45) is 0. The zero-order valence-electron chi connectivity index (χ0n) is 16.4. The number of hydrogen-bond donors (Lipinski definition) is 2. The van der Waals surface area contributed by atoms with Crippen LogP contribution in [0.2, 0.25) is 0 Å². The molecule has 4 rings (SSSR count). The normalized spacial score (nSPS) is 12.1. The number of carbonyl (C=O) groups is 1. The topological polar surface area (TPSA) is 44.9 Å². The van der Waals surface area contributed by atoms with E-state index in [2.05, 4.69) is 35.4 Å². The zero-order valence-corrected chi connectivity index (χ0v) is 16.4. The van der Waals surface area contributed by atoms with Crippen LogP contribution in [0.25, 0.3) is 10.9 Å². The highest BCUT2D eigenvalue weighted by molar-refractivity contribution is 6.05. The quantitative estimate of drug-likeness (QED) is 0.416. The summed E-state index contributed by atoms with van der Waals surface area (Å²) in [7, 11) is 0. The zero-order chi connectivity index (χ0) is 19.7. The minimum atomic E-state index is -0.472. The minimum Gasteiger partial charge on any atom is -0.371 e. The van der Waals surface area contributed by atoms with E-state index in [4.69, 9.17) is 0 Å². The van der Waals surface area contributed by atoms with Crippen LogP contribution in [-0.4, -0.2) is 10.8 Å². The summed E-state index contributed by atoms with van der Waals surface area (Å²) in [5.74, 6) is 0.0642. The lowest BCUT2D eigenvalue weighted by atomic mass is 9.94. The van der Waals surface area contributed by atoms with Gasteiger partial charge >= 0.3 is 0 Å². The second-order valence-electron chi connectivity index (χ2n) is 7.39. The highest BCUT2D eigenvalue weighted by Gasteiger charge is 2.26. The molecule has 28 heavy (non-hydrogen) atoms. The fraction of sp³-hybridized carbons (Fsp3) is 0.160. The van der Waals surface area contributed by atoms with Gasteiger partial charge < -0.3 is 10.3 Å². The smallest absolute Gasteiger partial charge is 0.189 e. The Bertz CT molecular complexity index is 1140. The molecule has 0 fully saturated rings. The van der Waals surface area contributed by atoms with Crippen molar-refractivity contribution in [1.82, 2.24) is 4.98 Å². The van der Waals surface area contributed by atoms with Gasteiger partial charge in [0.05, 0.1) is 0 Å². The number of ketones is 1. The molecule has 0 saturated carbocycles. The van der Waals surface area contributed by atoms with E-state index in [1.165, 1.54) is 0 Å². The van der Waals surface area contributed by atoms with Crippen LogP contribution in [0.1, 0.15) is 38.8 Å². The summed E-state index contributed by atoms with van der Waals surface area (Å²) in [6, 6.07) is 23.6. The molecule has 0 saturated heterocycles. The lowest BCUT2D eigenvalue weighted by Gasteiger charge is -2.20. The fourth-order valence-corrected chi connectivity index (χ4v) is 3.73. The molecule has 140 valence electrons. The largest absolute Gasteiger partial charge is 0.371 e. The van der Waals surface area contributed by atoms with Crippen LogP contribution in [0, 0.1) is 20.8 Å². The molecule has 4 aromatic rings. The number of para-hydroxylation sites is 1. The second-order valence-corrected chi connectivity index (χ2v) is 7.39. The Morgan fingerprint density at radius 1 is 0.857 bits per heavy atom. The van der Waals surface area contributed by atoms with E-state index >= 15 is 0 Å². The van der Waals surface area contributed by atoms with Crippen molar-refractivity contribution >= 4 is 22.4 Å². The van der Waals surface area contributed by atoms with E-state index in [1.54, 1.807) is 0 Å². The summed E-state index contributed by atoms with van der Waals surface area (Å²) >= 11 is 0. The Morgan fingerprint density at radius 2 is 1.61 bits per heavy atom. The van der Waals surface area contributed by atoms with Gasteiger partial charge in [-0.2, -0.15) is 0 Å². The average Bonchev–Trinajstić information content (AvgIpc) is 3.02. The van der Waals surface area contributed by atoms with Crippen molar-refractivity contribution in [2.45, 2.75) is 26.8 Å². The number of nitrogens with one attached hydrogen (secondary N) is 2. The number of H-pyrrole nitrogens is 1. The molecule has 1 heterocycles. The first-order valence-electron chi connectivity index (χ1n) is 9.54. The number of anilines is 1. The number of fused-ring (bicyclic) bond motifs is 1. The van der Waals surface area contributed by atoms with E-state index in [-0.39, 0.29) is 5.78 Å². The molecule has 0 radical (unpaired) electrons. The number of hydrogen-bond acceptors (Lipinski definition) is 2. The minimum absolute atomic E-state index is 0.0642. The van der Waals surface area contributed by atoms with Gasteiger partial charge in [-0.3, -0.25) is 4.79 Å². The molecule has 0 aliphatic rings. The molecule has 3 heteroatoms. The van der Waals surface area contributed by atoms with Crippen molar-refractivity contribution in [2.75, 3.05) is 5.32 Å². The van der Waals surface area contributed by atoms with Gasteiger partial charge in [-0.25, -0.2) is 0 Å². The van der Waals surface area contributed by atoms with Gasteiger partial charge in [-0.15, -0.1) is 0 Å². The molecule has 0 amide bonds. The standard InChI is InChI=1S/C25H24N2O/c1-16-11-13-19(14-12-16)25(28)24(27-20-8-6-7-17(2)15-20)23-18(3)26-22-10-5-4-9-21(22)23/h4-15,24,26-27H,1-3H3. The van der Waals surface area contributed by atoms with Crippen LogP contribution in [0.3, 0.4) is 0 Å². The van der Waals surface area contributed by atoms with Crippen molar-refractivity contribution in [3.05, 3.63) is 101 Å². The predicted octanol–water partition coefficient (Wildman–Crippen LogP) is 6.13. The maximum Gasteiger partial charge on any atom is 0.189 e. The number of rotatable bonds is 5. The van der Waals surface area contributed by atoms with Gasteiger partial charge in [-0.1, -0.05) is 60.2 Å². The summed E-state index contributed by atoms with van der Waals surface area (Å²) < 4.78 is 0. The maximum atomic E-state index is 13.6. The van der Waals surface area contributed by atoms with Crippen LogP contribution < -0.4 is 5.32 Å². The van der Waals surface area contributed by atoms with E-state index in [0.717, 1.165) is 39.0 Å². The number of aryl methyl sites for hydroxylation is 3. The monoisotopic (exact) mass is 368 g/mol. The third-order valence-corrected chi connectivity index (χ3v) is 5.16. The van der Waals surface area contributed by atoms with Crippen LogP contribution in [0.4, 0.5) is 5.69 Å². The van der Waals surface area contributed by atoms with Gasteiger partial charge in [0.25, 0.3) is 0 Å². The van der Waals surface area contributed by atoms with Crippen LogP contribution in [-0.2, 0) is 0 Å². The number of Topliss-reactive ketones (excluding diaryl/α,β-unsaturated/α-hetero) is 1. The molecule has 1 atom stereocenters. The van der Waals surface area contributed by atoms with Gasteiger partial charge in [0.15, 0.2) is 5.78 Å². The SMILES string of the molecule is Cc1ccc(C(=O)C(Nc2cccc(C)c2)c2c(C)[nH]c3ccccc23)cc1. The number of aromatic amines is 1. The molecule has 1 unspecified atom stereocenters. The Labute approximate surface area is 165 Å². The summed E-state index contributed by atoms with van der Waals surface area (Å²) in [5, 5.41) is 4.57. The van der Waals surface area contributed by atoms with Gasteiger partial charge in [0.2, 0.25) is 0 Å². The number of aromatic nitrogens is 1. The summed E-state index contributed by atoms with van der Waals surface area (Å²) in [6.45, 7) is 6.11. The predicted molar refractivity (Wildman–Crippen MR) is 116 cm³/mol. The van der Waals surface area contributed by atoms with Crippen LogP contribution >= 0.6 is 0 Å². The number of carbonyl (C=O) groups excluding carboxylic acids is 1. The maximum absolute atomic E-state index is 13.6. The highest BCUT2D eigenvalue weighted by atomic mass is 16.1. The molecule has 1 aromatic heterocycles. The first-order chi connectivity index (χ1) is 13.5. The first kappa shape index (κ1) is 18.1. The van der Waals surface area contributed by atoms with Crippen LogP contribution in [0.15, 0.2) is 72.8 Å². The first-order valence-corrected chi connectivity index (χ1v) is 9.54. The molecule has 0 aliphatic carbocycles. The summed E-state index contributed by atoms with van der Waals surface area (Å²) in [4.78, 5) is 17.0. The molecule has 2 N–H and O–H groups in total. The van der Waals surface area contributed by atoms with E-state index in [9.17, 15) is 4.79 Å². The Morgan fingerprint density at radius 3 is 2.36 bits per heavy atom. The lowest BCUT2D eigenvalue weighted by molar-refractivity contribution is 0.0969. The molecule has 3 aromatic carbocycles. The Kier molecular flexibility index (Phi) is 4.74. The van der Waals surface area contributed by atoms with Crippen LogP contribution in [0.5, 0.6) is 0 Å². The molecule has 0 bridgehead atoms. The fourth-order valence-electron chi connectivity index (χ4n) is 3.73. The van der Waals surface area contributed by atoms with Gasteiger partial charge in [0, 0.05) is 33.4 Å². The van der Waals surface area contributed by atoms with Crippen molar-refractivity contribution in [3.8, 4) is 0 Å². The molecular formula is C25H24N2O. The molecule has 0 spiro atoms. The van der Waals surface area contributed by atoms with Gasteiger partial charge in [0.1, 0.15) is 6.04 Å². The third kappa shape index (κ3) is 3.44. The second kappa shape index (κ2) is 7.35. The van der Waals surface area contributed by atoms with E-state index < -0.39 is 6.04 Å². The van der Waals surface area contributed by atoms with Crippen molar-refractivity contribution in [3.63, 3.8) is 0 Å². The highest BCUT2D eigenvalue weighted by Crippen LogP contribution is 2.32. The lowest BCUT2D eigenvalue weighted by Crippen LogP contribution is -2.22. The van der Waals surface area contributed by atoms with E-state index in [0.29, 0.717) is 5.56 Å². The molecule has 3 nitrogen and oxygen atoms in total. The summed E-state index contributed by atoms with van der Waals surface area (Å²) in [5.41, 5.74) is 7.00. The van der Waals surface area contributed by atoms with Crippen molar-refractivity contribution < 1.29 is 4.79 Å². The average molecular weight is 368 g/mol. The van der Waals surface area contributed by atoms with Crippen molar-refractivity contribution in [1.29, 1.82) is 0 Å².